The van der Waals surface area contributed by atoms with Gasteiger partial charge in [0.15, 0.2) is 0 Å². The van der Waals surface area contributed by atoms with Crippen LogP contribution in [0.15, 0.2) is 29.3 Å². The van der Waals surface area contributed by atoms with Crippen LogP contribution in [0.4, 0.5) is 11.6 Å². The van der Waals surface area contributed by atoms with Crippen molar-refractivity contribution < 1.29 is 5.11 Å². The van der Waals surface area contributed by atoms with E-state index in [0.29, 0.717) is 17.3 Å². The molecule has 0 atom stereocenters. The summed E-state index contributed by atoms with van der Waals surface area (Å²) < 4.78 is 0. The van der Waals surface area contributed by atoms with E-state index >= 15 is 0 Å². The fourth-order valence-electron chi connectivity index (χ4n) is 6.11. The van der Waals surface area contributed by atoms with Gasteiger partial charge in [0, 0.05) is 27.9 Å². The molecule has 3 fully saturated rings. The Kier molecular flexibility index (Phi) is 7.19. The monoisotopic (exact) mass is 480 g/mol. The van der Waals surface area contributed by atoms with Crippen LogP contribution in [0, 0.1) is 12.3 Å². The number of rotatable bonds is 6. The van der Waals surface area contributed by atoms with Gasteiger partial charge in [0.25, 0.3) is 0 Å². The van der Waals surface area contributed by atoms with Crippen molar-refractivity contribution in [2.24, 2.45) is 5.41 Å². The summed E-state index contributed by atoms with van der Waals surface area (Å²) in [6.07, 6.45) is 12.1. The second-order valence-corrected chi connectivity index (χ2v) is 12.4. The maximum Gasteiger partial charge on any atom is 0.227 e. The Labute approximate surface area is 209 Å². The zero-order valence-corrected chi connectivity index (χ0v) is 21.8. The molecule has 0 amide bonds. The van der Waals surface area contributed by atoms with Crippen LogP contribution < -0.4 is 5.32 Å². The van der Waals surface area contributed by atoms with Gasteiger partial charge in [-0.15, -0.1) is 11.8 Å². The first-order chi connectivity index (χ1) is 16.4. The van der Waals surface area contributed by atoms with Crippen molar-refractivity contribution in [2.45, 2.75) is 93.8 Å². The molecule has 1 spiro atoms. The molecule has 2 saturated carbocycles. The van der Waals surface area contributed by atoms with Crippen LogP contribution in [-0.4, -0.2) is 51.5 Å². The van der Waals surface area contributed by atoms with Gasteiger partial charge in [0.05, 0.1) is 11.8 Å². The van der Waals surface area contributed by atoms with E-state index in [2.05, 4.69) is 66.1 Å². The van der Waals surface area contributed by atoms with E-state index in [-0.39, 0.29) is 6.10 Å². The number of nitrogens with one attached hydrogen (secondary N) is 1. The molecule has 1 aliphatic heterocycles. The number of anilines is 2. The number of hydrogen-bond acceptors (Lipinski definition) is 6. The second kappa shape index (κ2) is 10.2. The van der Waals surface area contributed by atoms with Gasteiger partial charge in [0.1, 0.15) is 0 Å². The lowest BCUT2D eigenvalue weighted by Gasteiger charge is -2.51. The van der Waals surface area contributed by atoms with Crippen molar-refractivity contribution in [2.75, 3.05) is 25.5 Å². The third kappa shape index (κ3) is 5.29. The second-order valence-electron chi connectivity index (χ2n) is 11.0. The Bertz CT molecular complexity index is 988. The number of hydrogen-bond donors (Lipinski definition) is 2. The highest BCUT2D eigenvalue weighted by Gasteiger charge is 2.45. The van der Waals surface area contributed by atoms with E-state index < -0.39 is 0 Å². The van der Waals surface area contributed by atoms with Crippen LogP contribution in [0.2, 0.25) is 0 Å². The molecule has 0 bridgehead atoms. The molecule has 2 aliphatic carbocycles. The van der Waals surface area contributed by atoms with Crippen molar-refractivity contribution in [3.05, 3.63) is 41.2 Å². The molecule has 1 aromatic carbocycles. The van der Waals surface area contributed by atoms with E-state index in [0.717, 1.165) is 43.0 Å². The molecule has 6 heteroatoms. The van der Waals surface area contributed by atoms with Crippen molar-refractivity contribution >= 4 is 23.4 Å². The minimum absolute atomic E-state index is 0.144. The van der Waals surface area contributed by atoms with Crippen LogP contribution in [0.5, 0.6) is 0 Å². The normalized spacial score (nSPS) is 25.3. The first-order valence-corrected chi connectivity index (χ1v) is 14.1. The topological polar surface area (TPSA) is 61.3 Å². The number of benzene rings is 1. The lowest BCUT2D eigenvalue weighted by atomic mass is 9.63. The molecule has 1 aromatic heterocycles. The Morgan fingerprint density at radius 1 is 1.15 bits per heavy atom. The fourth-order valence-corrected chi connectivity index (χ4v) is 7.76. The predicted octanol–water partition coefficient (Wildman–Crippen LogP) is 6.08. The Morgan fingerprint density at radius 3 is 2.56 bits per heavy atom. The number of aliphatic hydroxyl groups is 1. The summed E-state index contributed by atoms with van der Waals surface area (Å²) in [4.78, 5) is 13.4. The number of likely N-dealkylation sites (tertiary alicyclic amines) is 1. The number of aliphatic hydroxyl groups excluding tert-OH is 1. The molecule has 2 N–H and O–H groups in total. The molecular formula is C28H40N4OS. The van der Waals surface area contributed by atoms with Crippen LogP contribution in [-0.2, 0) is 6.42 Å². The molecule has 5 rings (SSSR count). The van der Waals surface area contributed by atoms with E-state index in [1.807, 2.05) is 6.20 Å². The summed E-state index contributed by atoms with van der Waals surface area (Å²) >= 11 is 2.06. The summed E-state index contributed by atoms with van der Waals surface area (Å²) in [5, 5.41) is 14.2. The van der Waals surface area contributed by atoms with Gasteiger partial charge >= 0.3 is 0 Å². The van der Waals surface area contributed by atoms with Crippen molar-refractivity contribution in [3.8, 4) is 0 Å². The van der Waals surface area contributed by atoms with E-state index in [1.165, 1.54) is 60.5 Å². The number of nitrogens with zero attached hydrogens (tertiary/aromatic N) is 3. The number of thioether (sulfide) groups is 1. The van der Waals surface area contributed by atoms with Gasteiger partial charge in [-0.25, -0.2) is 9.97 Å². The van der Waals surface area contributed by atoms with Crippen LogP contribution in [0.3, 0.4) is 0 Å². The Hall–Kier alpha value is -1.63. The third-order valence-corrected chi connectivity index (χ3v) is 9.67. The first-order valence-electron chi connectivity index (χ1n) is 13.2. The standard InChI is InChI=1S/C28H40N4OS/c1-4-20-18-29-27(31-26(20)21-5-7-22(33)8-6-21)30-25-10-9-23(15-19(25)2)34-24-16-28(17-24)11-13-32(3)14-12-28/h9-10,15,18,21-22,24,33H,4-8,11-14,16-17H2,1-3H3,(H,29,30,31). The molecule has 2 heterocycles. The highest BCUT2D eigenvalue weighted by Crippen LogP contribution is 2.54. The van der Waals surface area contributed by atoms with Gasteiger partial charge in [0.2, 0.25) is 5.95 Å². The molecule has 3 aliphatic rings. The van der Waals surface area contributed by atoms with Crippen molar-refractivity contribution in [1.29, 1.82) is 0 Å². The first kappa shape index (κ1) is 24.1. The van der Waals surface area contributed by atoms with Crippen LogP contribution >= 0.6 is 11.8 Å². The number of piperidine rings is 1. The zero-order valence-electron chi connectivity index (χ0n) is 21.0. The Morgan fingerprint density at radius 2 is 1.88 bits per heavy atom. The average Bonchev–Trinajstić information content (AvgIpc) is 2.82. The molecule has 2 aromatic rings. The smallest absolute Gasteiger partial charge is 0.227 e. The highest BCUT2D eigenvalue weighted by atomic mass is 32.2. The summed E-state index contributed by atoms with van der Waals surface area (Å²) in [6.45, 7) is 6.88. The molecule has 1 saturated heterocycles. The molecule has 0 radical (unpaired) electrons. The lowest BCUT2D eigenvalue weighted by molar-refractivity contribution is 0.0491. The fraction of sp³-hybridized carbons (Fsp3) is 0.643. The largest absolute Gasteiger partial charge is 0.393 e. The summed E-state index contributed by atoms with van der Waals surface area (Å²) in [5.41, 5.74) is 5.36. The maximum absolute atomic E-state index is 9.90. The van der Waals surface area contributed by atoms with Gasteiger partial charge in [-0.1, -0.05) is 6.92 Å². The number of aryl methyl sites for hydroxylation is 2. The zero-order chi connectivity index (χ0) is 23.7. The van der Waals surface area contributed by atoms with E-state index in [9.17, 15) is 5.11 Å². The Balaban J connectivity index is 1.22. The van der Waals surface area contributed by atoms with Gasteiger partial charge in [-0.2, -0.15) is 0 Å². The van der Waals surface area contributed by atoms with Gasteiger partial charge in [-0.3, -0.25) is 0 Å². The quantitative estimate of drug-likeness (QED) is 0.523. The van der Waals surface area contributed by atoms with Gasteiger partial charge < -0.3 is 15.3 Å². The third-order valence-electron chi connectivity index (χ3n) is 8.48. The summed E-state index contributed by atoms with van der Waals surface area (Å²) in [7, 11) is 2.25. The molecule has 34 heavy (non-hydrogen) atoms. The molecular weight excluding hydrogens is 440 g/mol. The highest BCUT2D eigenvalue weighted by molar-refractivity contribution is 8.00. The van der Waals surface area contributed by atoms with Crippen LogP contribution in [0.25, 0.3) is 0 Å². The summed E-state index contributed by atoms with van der Waals surface area (Å²) in [5.74, 6) is 1.11. The SMILES string of the molecule is CCc1cnc(Nc2ccc(SC3CC4(CCN(C)CC4)C3)cc2C)nc1C1CCC(O)CC1. The van der Waals surface area contributed by atoms with Crippen molar-refractivity contribution in [3.63, 3.8) is 0 Å². The molecule has 0 unspecified atom stereocenters. The molecule has 5 nitrogen and oxygen atoms in total. The summed E-state index contributed by atoms with van der Waals surface area (Å²) in [6, 6.07) is 6.76. The van der Waals surface area contributed by atoms with E-state index in [1.54, 1.807) is 0 Å². The minimum Gasteiger partial charge on any atom is -0.393 e. The minimum atomic E-state index is -0.144. The maximum atomic E-state index is 9.90. The average molecular weight is 481 g/mol. The van der Waals surface area contributed by atoms with Gasteiger partial charge in [-0.05, 0) is 120 Å². The van der Waals surface area contributed by atoms with Crippen LogP contribution in [0.1, 0.15) is 81.0 Å². The van der Waals surface area contributed by atoms with E-state index in [4.69, 9.17) is 4.98 Å². The van der Waals surface area contributed by atoms with Crippen molar-refractivity contribution in [1.82, 2.24) is 14.9 Å². The molecule has 184 valence electrons. The predicted molar refractivity (Wildman–Crippen MR) is 141 cm³/mol. The lowest BCUT2D eigenvalue weighted by Crippen LogP contribution is -2.47. The number of aromatic nitrogens is 2.